The molecular formula is C19H25ClN2O4. The second-order valence-electron chi connectivity index (χ2n) is 6.27. The minimum Gasteiger partial charge on any atom is -0.496 e. The van der Waals surface area contributed by atoms with E-state index in [1.54, 1.807) is 0 Å². The summed E-state index contributed by atoms with van der Waals surface area (Å²) in [6.07, 6.45) is 6.80. The third-order valence-electron chi connectivity index (χ3n) is 4.32. The summed E-state index contributed by atoms with van der Waals surface area (Å²) >= 11 is 5.96. The molecule has 1 aliphatic rings. The third-order valence-corrected chi connectivity index (χ3v) is 4.65. The Bertz CT molecular complexity index is 703. The van der Waals surface area contributed by atoms with E-state index in [1.165, 1.54) is 44.6 Å². The van der Waals surface area contributed by atoms with Crippen LogP contribution in [0, 0.1) is 0 Å². The normalized spacial score (nSPS) is 15.0. The molecule has 3 N–H and O–H groups in total. The number of nitrogens with one attached hydrogen (secondary N) is 1. The summed E-state index contributed by atoms with van der Waals surface area (Å²) in [5.41, 5.74) is 7.49. The average Bonchev–Trinajstić information content (AvgIpc) is 2.64. The summed E-state index contributed by atoms with van der Waals surface area (Å²) < 4.78 is 10.4. The fraction of sp³-hybridized carbons (Fsp3) is 0.474. The van der Waals surface area contributed by atoms with E-state index in [9.17, 15) is 9.59 Å². The van der Waals surface area contributed by atoms with Gasteiger partial charge in [-0.1, -0.05) is 23.3 Å². The number of carbonyl (C=O) groups excluding carboxylic acids is 2. The molecule has 0 heterocycles. The lowest BCUT2D eigenvalue weighted by Gasteiger charge is -2.16. The number of methoxy groups -OCH3 is 1. The number of hydrogen-bond donors (Lipinski definition) is 2. The van der Waals surface area contributed by atoms with Gasteiger partial charge >= 0.3 is 5.97 Å². The molecule has 1 aliphatic carbocycles. The number of nitrogens with two attached hydrogens (primary N) is 1. The molecule has 142 valence electrons. The highest BCUT2D eigenvalue weighted by Crippen LogP contribution is 2.29. The summed E-state index contributed by atoms with van der Waals surface area (Å²) in [6.45, 7) is 2.06. The van der Waals surface area contributed by atoms with Crippen molar-refractivity contribution in [3.8, 4) is 5.75 Å². The Morgan fingerprint density at radius 1 is 1.35 bits per heavy atom. The Morgan fingerprint density at radius 3 is 2.77 bits per heavy atom. The molecule has 0 spiro atoms. The summed E-state index contributed by atoms with van der Waals surface area (Å²) in [7, 11) is 1.41. The lowest BCUT2D eigenvalue weighted by molar-refractivity contribution is -0.129. The number of halogens is 1. The van der Waals surface area contributed by atoms with Crippen LogP contribution in [0.3, 0.4) is 0 Å². The molecule has 0 aliphatic heterocycles. The SMILES string of the molecule is COc1cc(N)c(Cl)cc1C(=O)O[C@H](C)C(=O)NCCC1=CCCCC1. The van der Waals surface area contributed by atoms with Crippen LogP contribution >= 0.6 is 11.6 Å². The topological polar surface area (TPSA) is 90.7 Å². The highest BCUT2D eigenvalue weighted by molar-refractivity contribution is 6.33. The lowest BCUT2D eigenvalue weighted by Crippen LogP contribution is -2.36. The van der Waals surface area contributed by atoms with Crippen LogP contribution in [0.25, 0.3) is 0 Å². The quantitative estimate of drug-likeness (QED) is 0.429. The Kier molecular flexibility index (Phi) is 7.33. The van der Waals surface area contributed by atoms with Gasteiger partial charge in [-0.15, -0.1) is 0 Å². The molecule has 1 aromatic rings. The number of carbonyl (C=O) groups is 2. The zero-order valence-corrected chi connectivity index (χ0v) is 15.9. The van der Waals surface area contributed by atoms with Crippen molar-refractivity contribution < 1.29 is 19.1 Å². The first-order chi connectivity index (χ1) is 12.4. The molecule has 6 nitrogen and oxygen atoms in total. The minimum absolute atomic E-state index is 0.124. The standard InChI is InChI=1S/C19H25ClN2O4/c1-12(18(23)22-9-8-13-6-4-3-5-7-13)26-19(24)14-10-15(20)16(21)11-17(14)25-2/h6,10-12H,3-5,7-9,21H2,1-2H3,(H,22,23)/t12-/m1/s1. The number of esters is 1. The van der Waals surface area contributed by atoms with Crippen LogP contribution in [0.4, 0.5) is 5.69 Å². The third kappa shape index (κ3) is 5.39. The summed E-state index contributed by atoms with van der Waals surface area (Å²) in [5, 5.41) is 3.02. The molecule has 0 saturated heterocycles. The summed E-state index contributed by atoms with van der Waals surface area (Å²) in [6, 6.07) is 2.82. The molecule has 0 unspecified atom stereocenters. The van der Waals surface area contributed by atoms with E-state index in [-0.39, 0.29) is 22.2 Å². The van der Waals surface area contributed by atoms with Crippen molar-refractivity contribution in [1.29, 1.82) is 0 Å². The van der Waals surface area contributed by atoms with Crippen LogP contribution < -0.4 is 15.8 Å². The zero-order chi connectivity index (χ0) is 19.1. The lowest BCUT2D eigenvalue weighted by atomic mass is 9.97. The van der Waals surface area contributed by atoms with Crippen molar-refractivity contribution in [3.05, 3.63) is 34.4 Å². The van der Waals surface area contributed by atoms with Crippen molar-refractivity contribution in [2.45, 2.75) is 45.1 Å². The molecule has 2 rings (SSSR count). The van der Waals surface area contributed by atoms with Gasteiger partial charge in [-0.05, 0) is 45.1 Å². The summed E-state index contributed by atoms with van der Waals surface area (Å²) in [4.78, 5) is 24.5. The van der Waals surface area contributed by atoms with Crippen LogP contribution in [0.15, 0.2) is 23.8 Å². The average molecular weight is 381 g/mol. The van der Waals surface area contributed by atoms with Gasteiger partial charge < -0.3 is 20.5 Å². The second kappa shape index (κ2) is 9.48. The van der Waals surface area contributed by atoms with Crippen molar-refractivity contribution in [3.63, 3.8) is 0 Å². The Labute approximate surface area is 158 Å². The van der Waals surface area contributed by atoms with Gasteiger partial charge in [-0.25, -0.2) is 4.79 Å². The molecule has 26 heavy (non-hydrogen) atoms. The van der Waals surface area contributed by atoms with Gasteiger partial charge in [0.1, 0.15) is 11.3 Å². The number of amides is 1. The van der Waals surface area contributed by atoms with Crippen LogP contribution in [0.5, 0.6) is 5.75 Å². The van der Waals surface area contributed by atoms with E-state index < -0.39 is 12.1 Å². The number of rotatable bonds is 7. The Balaban J connectivity index is 1.88. The van der Waals surface area contributed by atoms with E-state index >= 15 is 0 Å². The molecule has 7 heteroatoms. The number of allylic oxidation sites excluding steroid dienone is 1. The molecule has 1 aromatic carbocycles. The predicted molar refractivity (Wildman–Crippen MR) is 101 cm³/mol. The Morgan fingerprint density at radius 2 is 2.12 bits per heavy atom. The van der Waals surface area contributed by atoms with Crippen molar-refractivity contribution in [1.82, 2.24) is 5.32 Å². The first-order valence-corrected chi connectivity index (χ1v) is 9.09. The smallest absolute Gasteiger partial charge is 0.342 e. The van der Waals surface area contributed by atoms with Crippen molar-refractivity contribution in [2.75, 3.05) is 19.4 Å². The van der Waals surface area contributed by atoms with Crippen LogP contribution in [-0.4, -0.2) is 31.6 Å². The first kappa shape index (κ1) is 20.1. The van der Waals surface area contributed by atoms with Gasteiger partial charge in [-0.3, -0.25) is 4.79 Å². The van der Waals surface area contributed by atoms with Crippen LogP contribution in [0.2, 0.25) is 5.02 Å². The van der Waals surface area contributed by atoms with E-state index in [1.807, 2.05) is 0 Å². The molecular weight excluding hydrogens is 356 g/mol. The molecule has 0 aromatic heterocycles. The fourth-order valence-corrected chi connectivity index (χ4v) is 2.96. The van der Waals surface area contributed by atoms with Gasteiger partial charge in [0.15, 0.2) is 6.10 Å². The first-order valence-electron chi connectivity index (χ1n) is 8.72. The zero-order valence-electron chi connectivity index (χ0n) is 15.1. The Hall–Kier alpha value is -2.21. The number of ether oxygens (including phenoxy) is 2. The van der Waals surface area contributed by atoms with Crippen molar-refractivity contribution in [2.24, 2.45) is 0 Å². The predicted octanol–water partition coefficient (Wildman–Crippen LogP) is 3.48. The van der Waals surface area contributed by atoms with Crippen molar-refractivity contribution >= 4 is 29.2 Å². The molecule has 0 saturated carbocycles. The van der Waals surface area contributed by atoms with Gasteiger partial charge in [0, 0.05) is 12.6 Å². The number of hydrogen-bond acceptors (Lipinski definition) is 5. The molecule has 1 atom stereocenters. The van der Waals surface area contributed by atoms with Crippen LogP contribution in [0.1, 0.15) is 49.4 Å². The number of anilines is 1. The minimum atomic E-state index is -0.927. The maximum absolute atomic E-state index is 12.3. The molecule has 0 radical (unpaired) electrons. The van der Waals surface area contributed by atoms with Crippen LogP contribution in [-0.2, 0) is 9.53 Å². The van der Waals surface area contributed by atoms with E-state index in [4.69, 9.17) is 26.8 Å². The van der Waals surface area contributed by atoms with E-state index in [0.29, 0.717) is 12.2 Å². The summed E-state index contributed by atoms with van der Waals surface area (Å²) in [5.74, 6) is -0.787. The second-order valence-corrected chi connectivity index (χ2v) is 6.68. The van der Waals surface area contributed by atoms with Gasteiger partial charge in [0.25, 0.3) is 5.91 Å². The van der Waals surface area contributed by atoms with E-state index in [0.717, 1.165) is 19.3 Å². The monoisotopic (exact) mass is 380 g/mol. The van der Waals surface area contributed by atoms with Gasteiger partial charge in [-0.2, -0.15) is 0 Å². The largest absolute Gasteiger partial charge is 0.496 e. The molecule has 0 bridgehead atoms. The maximum atomic E-state index is 12.3. The molecule has 0 fully saturated rings. The highest BCUT2D eigenvalue weighted by Gasteiger charge is 2.22. The van der Waals surface area contributed by atoms with Gasteiger partial charge in [0.2, 0.25) is 0 Å². The number of nitrogen functional groups attached to an aromatic ring is 1. The van der Waals surface area contributed by atoms with Gasteiger partial charge in [0.05, 0.1) is 17.8 Å². The highest BCUT2D eigenvalue weighted by atomic mass is 35.5. The molecule has 1 amide bonds. The maximum Gasteiger partial charge on any atom is 0.342 e. The van der Waals surface area contributed by atoms with E-state index in [2.05, 4.69) is 11.4 Å². The fourth-order valence-electron chi connectivity index (χ4n) is 2.80. The number of benzene rings is 1.